The summed E-state index contributed by atoms with van der Waals surface area (Å²) in [6, 6.07) is 0. The highest BCUT2D eigenvalue weighted by Gasteiger charge is 2.40. The number of rotatable bonds is 0. The summed E-state index contributed by atoms with van der Waals surface area (Å²) in [5, 5.41) is 0. The van der Waals surface area contributed by atoms with Crippen LogP contribution in [0.4, 0.5) is 0 Å². The highest BCUT2D eigenvalue weighted by molar-refractivity contribution is 8.19. The van der Waals surface area contributed by atoms with Gasteiger partial charge in [0, 0.05) is 0 Å². The van der Waals surface area contributed by atoms with Gasteiger partial charge in [-0.05, 0) is 0 Å². The molecule has 8 atom stereocenters. The number of fused-ring (bicyclic) bond motifs is 18. The van der Waals surface area contributed by atoms with Gasteiger partial charge in [-0.2, -0.15) is 0 Å². The van der Waals surface area contributed by atoms with Crippen LogP contribution in [0.5, 0.6) is 0 Å². The van der Waals surface area contributed by atoms with E-state index in [9.17, 15) is 0 Å². The van der Waals surface area contributed by atoms with Gasteiger partial charge >= 0.3 is 0 Å². The fourth-order valence-electron chi connectivity index (χ4n) is 4.92. The van der Waals surface area contributed by atoms with Crippen molar-refractivity contribution >= 4 is 229 Å². The van der Waals surface area contributed by atoms with E-state index in [0.29, 0.717) is 45.9 Å². The number of nitrogens with zero attached hydrogens (tertiary/aromatic N) is 6. The fourth-order valence-corrected chi connectivity index (χ4v) is 16.7. The van der Waals surface area contributed by atoms with Crippen molar-refractivity contribution < 1.29 is 0 Å². The molecule has 6 aliphatic heterocycles. The molecule has 0 fully saturated rings. The van der Waals surface area contributed by atoms with Crippen molar-refractivity contribution in [3.8, 4) is 0 Å². The van der Waals surface area contributed by atoms with Crippen LogP contribution in [0.2, 0.25) is 0 Å². The Labute approximate surface area is 345 Å². The van der Waals surface area contributed by atoms with Crippen LogP contribution in [0.25, 0.3) is 42.2 Å². The van der Waals surface area contributed by atoms with Crippen molar-refractivity contribution in [1.29, 1.82) is 0 Å². The highest BCUT2D eigenvalue weighted by atomic mass is 35.5. The van der Waals surface area contributed by atoms with Crippen molar-refractivity contribution in [2.75, 3.05) is 0 Å². The molecule has 48 heavy (non-hydrogen) atoms. The second-order valence-electron chi connectivity index (χ2n) is 9.99. The van der Waals surface area contributed by atoms with Gasteiger partial charge in [-0.1, -0.05) is 94.1 Å². The van der Waals surface area contributed by atoms with Gasteiger partial charge in [0.1, 0.15) is 60.3 Å². The minimum Gasteiger partial charge on any atom is -0.323 e. The maximum atomic E-state index is 6.66. The van der Waals surface area contributed by atoms with E-state index in [1.54, 1.807) is 0 Å². The molecular weight excluding hydrogens is 940 g/mol. The van der Waals surface area contributed by atoms with Gasteiger partial charge < -0.3 is 9.97 Å². The van der Waals surface area contributed by atoms with Crippen LogP contribution in [0.15, 0.2) is 19.6 Å². The van der Waals surface area contributed by atoms with E-state index in [-0.39, 0.29) is 0 Å². The molecule has 0 aromatic carbocycles. The van der Waals surface area contributed by atoms with E-state index in [1.807, 2.05) is 0 Å². The first-order chi connectivity index (χ1) is 23.0. The van der Waals surface area contributed by atoms with Gasteiger partial charge in [-0.25, -0.2) is 29.9 Å². The average Bonchev–Trinajstić information content (AvgIpc) is 3.74. The molecule has 24 heteroatoms. The summed E-state index contributed by atoms with van der Waals surface area (Å²) in [5.41, 5.74) is 2.14. The second kappa shape index (κ2) is 13.6. The van der Waals surface area contributed by atoms with Crippen molar-refractivity contribution in [3.63, 3.8) is 0 Å². The van der Waals surface area contributed by atoms with Gasteiger partial charge in [0.2, 0.25) is 0 Å². The third kappa shape index (κ3) is 6.11. The van der Waals surface area contributed by atoms with Crippen LogP contribution in [-0.4, -0.2) is 77.5 Å². The number of thioether (sulfide) groups is 8. The second-order valence-corrected chi connectivity index (χ2v) is 25.0. The normalized spacial score (nSPS) is 31.3. The number of aromatic nitrogens is 8. The first kappa shape index (κ1) is 35.2. The minimum atomic E-state index is -0.430. The molecule has 8 nitrogen and oxygen atoms in total. The van der Waals surface area contributed by atoms with Gasteiger partial charge in [0.05, 0.1) is 39.2 Å². The molecule has 6 aliphatic rings. The molecule has 250 valence electrons. The van der Waals surface area contributed by atoms with E-state index >= 15 is 0 Å². The Balaban J connectivity index is 1.40. The molecule has 2 N–H and O–H groups in total. The van der Waals surface area contributed by atoms with Crippen LogP contribution < -0.4 is 0 Å². The largest absolute Gasteiger partial charge is 0.323 e. The number of H-pyrrole nitrogens is 2. The molecule has 0 saturated heterocycles. The summed E-state index contributed by atoms with van der Waals surface area (Å²) in [6.45, 7) is 0. The van der Waals surface area contributed by atoms with Gasteiger partial charge in [-0.15, -0.1) is 92.8 Å². The Hall–Kier alpha value is 1.44. The Morgan fingerprint density at radius 1 is 0.312 bits per heavy atom. The fraction of sp³-hybridized carbons (Fsp3) is 0.333. The molecule has 9 rings (SSSR count). The Morgan fingerprint density at radius 2 is 0.542 bits per heavy atom. The third-order valence-corrected chi connectivity index (χ3v) is 23.0. The molecule has 0 spiro atoms. The summed E-state index contributed by atoms with van der Waals surface area (Å²) < 4.78 is -3.37. The standard InChI is InChI=1S/C24H10Cl8N8S8/c25-9-10(26)42-2-1(41-9)17-33-18(2)38-20-5-6(46-14(30)13(29)45-5)22(35-20)40-24-8-7(47-15(31)16(32)48-8)23(36-24)39-21-4-3(19(34-21)37-17)43-11(27)12(28)44-4/h9-16H,(H2,33,34,35,36,37,38,39,40). The Morgan fingerprint density at radius 3 is 0.833 bits per heavy atom. The minimum absolute atomic E-state index is 0.409. The van der Waals surface area contributed by atoms with Crippen LogP contribution >= 0.6 is 187 Å². The molecule has 8 bridgehead atoms. The molecule has 0 radical (unpaired) electrons. The predicted molar refractivity (Wildman–Crippen MR) is 217 cm³/mol. The lowest BCUT2D eigenvalue weighted by molar-refractivity contribution is 1.06. The SMILES string of the molecule is ClC1SC2=C(SC1Cl)c1nc2nc2nc(nc3[nH]c(nc4[nH]c(n1)c1c4SC(Cl)C(Cl)S1)c1c3SC(Cl)C(Cl)S1)C1=C2SC(Cl)C(Cl)S1. The number of hydrogen-bond donors (Lipinski definition) is 2. The molecular formula is C24H10Cl8N8S8. The molecule has 3 aromatic heterocycles. The maximum Gasteiger partial charge on any atom is 0.171 e. The predicted octanol–water partition coefficient (Wildman–Crippen LogP) is 11.4. The zero-order valence-corrected chi connectivity index (χ0v) is 35.2. The van der Waals surface area contributed by atoms with Crippen molar-refractivity contribution in [3.05, 3.63) is 23.3 Å². The Kier molecular flexibility index (Phi) is 9.98. The first-order valence-electron chi connectivity index (χ1n) is 13.3. The zero-order valence-electron chi connectivity index (χ0n) is 22.6. The summed E-state index contributed by atoms with van der Waals surface area (Å²) in [4.78, 5) is 43.0. The molecule has 0 saturated carbocycles. The number of aromatic amines is 2. The lowest BCUT2D eigenvalue weighted by Crippen LogP contribution is -2.12. The number of alkyl halides is 8. The summed E-state index contributed by atoms with van der Waals surface area (Å²) in [6.07, 6.45) is 0. The van der Waals surface area contributed by atoms with Crippen molar-refractivity contribution in [2.45, 2.75) is 57.3 Å². The smallest absolute Gasteiger partial charge is 0.171 e. The topological polar surface area (TPSA) is 109 Å². The lowest BCUT2D eigenvalue weighted by Gasteiger charge is -2.22. The van der Waals surface area contributed by atoms with Gasteiger partial charge in [0.25, 0.3) is 0 Å². The quantitative estimate of drug-likeness (QED) is 0.209. The van der Waals surface area contributed by atoms with E-state index in [4.69, 9.17) is 123 Å². The lowest BCUT2D eigenvalue weighted by atomic mass is 10.4. The van der Waals surface area contributed by atoms with E-state index in [0.717, 1.165) is 39.2 Å². The van der Waals surface area contributed by atoms with Crippen LogP contribution in [-0.2, 0) is 0 Å². The Bertz CT molecular complexity index is 2000. The summed E-state index contributed by atoms with van der Waals surface area (Å²) >= 11 is 64.4. The van der Waals surface area contributed by atoms with E-state index < -0.39 is 37.7 Å². The highest BCUT2D eigenvalue weighted by Crippen LogP contribution is 2.58. The van der Waals surface area contributed by atoms with Crippen molar-refractivity contribution in [1.82, 2.24) is 39.9 Å². The molecule has 3 aromatic rings. The van der Waals surface area contributed by atoms with Crippen LogP contribution in [0, 0.1) is 0 Å². The van der Waals surface area contributed by atoms with Crippen LogP contribution in [0.3, 0.4) is 0 Å². The van der Waals surface area contributed by atoms with E-state index in [2.05, 4.69) is 9.97 Å². The number of nitrogens with one attached hydrogen (secondary N) is 2. The number of hydrogen-bond acceptors (Lipinski definition) is 14. The molecule has 0 amide bonds. The molecule has 9 heterocycles. The first-order valence-corrected chi connectivity index (χ1v) is 23.8. The third-order valence-electron chi connectivity index (χ3n) is 6.93. The number of halogens is 8. The van der Waals surface area contributed by atoms with Crippen molar-refractivity contribution in [2.24, 2.45) is 0 Å². The average molecular weight is 951 g/mol. The monoisotopic (exact) mass is 946 g/mol. The van der Waals surface area contributed by atoms with Gasteiger partial charge in [0.15, 0.2) is 23.3 Å². The zero-order chi connectivity index (χ0) is 33.2. The van der Waals surface area contributed by atoms with E-state index in [1.165, 1.54) is 94.1 Å². The van der Waals surface area contributed by atoms with Crippen LogP contribution in [0.1, 0.15) is 23.3 Å². The molecule has 0 aliphatic carbocycles. The van der Waals surface area contributed by atoms with Gasteiger partial charge in [-0.3, -0.25) is 0 Å². The summed E-state index contributed by atoms with van der Waals surface area (Å²) in [5.74, 6) is 1.67. The maximum absolute atomic E-state index is 6.66. The summed E-state index contributed by atoms with van der Waals surface area (Å²) in [7, 11) is 0. The molecule has 8 unspecified atom stereocenters.